The number of nitrogens with zero attached hydrogens (tertiary/aromatic N) is 2. The number of hydrogen-bond acceptors (Lipinski definition) is 2. The average molecular weight is 266 g/mol. The van der Waals surface area contributed by atoms with Crippen LogP contribution in [0.25, 0.3) is 0 Å². The van der Waals surface area contributed by atoms with E-state index in [-0.39, 0.29) is 0 Å². The first-order valence-electron chi connectivity index (χ1n) is 5.81. The molecule has 0 saturated carbocycles. The van der Waals surface area contributed by atoms with Crippen LogP contribution >= 0.6 is 11.8 Å². The van der Waals surface area contributed by atoms with Gasteiger partial charge in [0, 0.05) is 18.9 Å². The van der Waals surface area contributed by atoms with Crippen LogP contribution in [0.1, 0.15) is 0 Å². The number of para-hydroxylation sites is 1. The highest BCUT2D eigenvalue weighted by Crippen LogP contribution is 2.16. The maximum absolute atomic E-state index is 4.76. The third kappa shape index (κ3) is 4.96. The molecule has 0 N–H and O–H groups in total. The van der Waals surface area contributed by atoms with Crippen LogP contribution in [0.3, 0.4) is 0 Å². The Bertz CT molecular complexity index is 371. The Morgan fingerprint density at radius 1 is 1.24 bits per heavy atom. The number of aliphatic imine (C=N–C) groups is 1. The molecule has 0 saturated heterocycles. The Labute approximate surface area is 110 Å². The number of thioether (sulfide) groups is 1. The molecule has 1 aromatic carbocycles. The van der Waals surface area contributed by atoms with Gasteiger partial charge in [-0.05, 0) is 18.4 Å². The van der Waals surface area contributed by atoms with Crippen molar-refractivity contribution in [2.75, 3.05) is 24.4 Å². The molecular formula is C13H22N2SSi. The second kappa shape index (κ2) is 6.26. The Hall–Kier alpha value is -0.743. The van der Waals surface area contributed by atoms with Crippen molar-refractivity contribution in [1.29, 1.82) is 0 Å². The van der Waals surface area contributed by atoms with E-state index in [0.29, 0.717) is 0 Å². The summed E-state index contributed by atoms with van der Waals surface area (Å²) in [6.45, 7) is 7.03. The zero-order valence-electron chi connectivity index (χ0n) is 11.4. The van der Waals surface area contributed by atoms with Crippen molar-refractivity contribution in [2.24, 2.45) is 4.99 Å². The van der Waals surface area contributed by atoms with E-state index >= 15 is 0 Å². The lowest BCUT2D eigenvalue weighted by atomic mass is 10.3. The molecule has 0 spiro atoms. The molecule has 0 heterocycles. The minimum absolute atomic E-state index is 0.986. The minimum atomic E-state index is -1.11. The first kappa shape index (κ1) is 14.3. The van der Waals surface area contributed by atoms with Crippen molar-refractivity contribution in [3.63, 3.8) is 0 Å². The van der Waals surface area contributed by atoms with Gasteiger partial charge in [-0.2, -0.15) is 0 Å². The van der Waals surface area contributed by atoms with Gasteiger partial charge in [-0.25, -0.2) is 0 Å². The van der Waals surface area contributed by atoms with Crippen molar-refractivity contribution in [3.8, 4) is 0 Å². The summed E-state index contributed by atoms with van der Waals surface area (Å²) in [4.78, 5) is 6.91. The summed E-state index contributed by atoms with van der Waals surface area (Å²) in [6, 6.07) is 10.4. The van der Waals surface area contributed by atoms with Crippen LogP contribution in [-0.4, -0.2) is 32.7 Å². The lowest BCUT2D eigenvalue weighted by Gasteiger charge is -2.21. The van der Waals surface area contributed by atoms with Crippen molar-refractivity contribution in [3.05, 3.63) is 30.3 Å². The fraction of sp³-hybridized carbons (Fsp3) is 0.462. The maximum atomic E-state index is 4.76. The molecule has 0 aliphatic carbocycles. The second-order valence-corrected chi connectivity index (χ2v) is 11.5. The van der Waals surface area contributed by atoms with E-state index < -0.39 is 8.07 Å². The standard InChI is InChI=1S/C13H22N2SSi/c1-15(12-9-7-6-8-10-12)13(16-2)14-11-17(3,4)5/h6-10H,11H2,1-5H3/b14-13-. The van der Waals surface area contributed by atoms with Gasteiger partial charge in [0.25, 0.3) is 0 Å². The Balaban J connectivity index is 2.81. The first-order chi connectivity index (χ1) is 7.94. The van der Waals surface area contributed by atoms with Crippen LogP contribution in [-0.2, 0) is 0 Å². The van der Waals surface area contributed by atoms with E-state index in [2.05, 4.69) is 62.1 Å². The monoisotopic (exact) mass is 266 g/mol. The predicted octanol–water partition coefficient (Wildman–Crippen LogP) is 3.72. The molecule has 1 rings (SSSR count). The summed E-state index contributed by atoms with van der Waals surface area (Å²) >= 11 is 1.71. The number of anilines is 1. The van der Waals surface area contributed by atoms with Crippen molar-refractivity contribution < 1.29 is 0 Å². The molecule has 1 aromatic rings. The molecule has 0 radical (unpaired) electrons. The van der Waals surface area contributed by atoms with Gasteiger partial charge in [0.15, 0.2) is 5.17 Å². The van der Waals surface area contributed by atoms with Crippen molar-refractivity contribution in [2.45, 2.75) is 19.6 Å². The fourth-order valence-corrected chi connectivity index (χ4v) is 2.69. The van der Waals surface area contributed by atoms with Crippen molar-refractivity contribution >= 4 is 30.7 Å². The fourth-order valence-electron chi connectivity index (χ4n) is 1.37. The molecule has 0 fully saturated rings. The van der Waals surface area contributed by atoms with Gasteiger partial charge in [0.2, 0.25) is 0 Å². The van der Waals surface area contributed by atoms with Crippen LogP contribution in [0.5, 0.6) is 0 Å². The Morgan fingerprint density at radius 3 is 2.29 bits per heavy atom. The number of benzene rings is 1. The molecule has 0 unspecified atom stereocenters. The summed E-state index contributed by atoms with van der Waals surface area (Å²) in [5.41, 5.74) is 1.19. The highest BCUT2D eigenvalue weighted by atomic mass is 32.2. The predicted molar refractivity (Wildman–Crippen MR) is 84.0 cm³/mol. The van der Waals surface area contributed by atoms with Crippen LogP contribution in [0.2, 0.25) is 19.6 Å². The lowest BCUT2D eigenvalue weighted by molar-refractivity contribution is 1.22. The van der Waals surface area contributed by atoms with Gasteiger partial charge in [0.1, 0.15) is 0 Å². The highest BCUT2D eigenvalue weighted by Gasteiger charge is 2.14. The zero-order valence-corrected chi connectivity index (χ0v) is 13.2. The molecule has 2 nitrogen and oxygen atoms in total. The Morgan fingerprint density at radius 2 is 1.82 bits per heavy atom. The highest BCUT2D eigenvalue weighted by molar-refractivity contribution is 8.13. The van der Waals surface area contributed by atoms with Gasteiger partial charge < -0.3 is 4.90 Å². The minimum Gasteiger partial charge on any atom is -0.324 e. The normalized spacial score (nSPS) is 12.6. The van der Waals surface area contributed by atoms with E-state index in [1.165, 1.54) is 5.69 Å². The summed E-state index contributed by atoms with van der Waals surface area (Å²) < 4.78 is 0. The smallest absolute Gasteiger partial charge is 0.162 e. The van der Waals surface area contributed by atoms with E-state index in [9.17, 15) is 0 Å². The van der Waals surface area contributed by atoms with Gasteiger partial charge in [-0.3, -0.25) is 4.99 Å². The van der Waals surface area contributed by atoms with Gasteiger partial charge in [-0.1, -0.05) is 49.6 Å². The summed E-state index contributed by atoms with van der Waals surface area (Å²) in [7, 11) is 0.968. The summed E-state index contributed by atoms with van der Waals surface area (Å²) in [5, 5.41) is 1.10. The third-order valence-corrected chi connectivity index (χ3v) is 4.18. The topological polar surface area (TPSA) is 15.6 Å². The molecule has 94 valence electrons. The Kier molecular flexibility index (Phi) is 5.27. The van der Waals surface area contributed by atoms with Gasteiger partial charge in [0.05, 0.1) is 8.07 Å². The third-order valence-electron chi connectivity index (χ3n) is 2.30. The average Bonchev–Trinajstić information content (AvgIpc) is 2.29. The zero-order chi connectivity index (χ0) is 12.9. The number of amidine groups is 1. The molecule has 4 heteroatoms. The second-order valence-electron chi connectivity index (χ2n) is 5.26. The van der Waals surface area contributed by atoms with Crippen LogP contribution < -0.4 is 4.90 Å². The summed E-state index contributed by atoms with van der Waals surface area (Å²) in [5.74, 6) is 0. The van der Waals surface area contributed by atoms with E-state index in [1.54, 1.807) is 11.8 Å². The maximum Gasteiger partial charge on any atom is 0.162 e. The lowest BCUT2D eigenvalue weighted by Crippen LogP contribution is -2.29. The van der Waals surface area contributed by atoms with Crippen LogP contribution in [0.4, 0.5) is 5.69 Å². The number of hydrogen-bond donors (Lipinski definition) is 0. The first-order valence-corrected chi connectivity index (χ1v) is 10.7. The van der Waals surface area contributed by atoms with Crippen LogP contribution in [0.15, 0.2) is 35.3 Å². The summed E-state index contributed by atoms with van der Waals surface area (Å²) in [6.07, 6.45) is 3.07. The largest absolute Gasteiger partial charge is 0.324 e. The molecule has 0 aliphatic rings. The molecule has 0 aliphatic heterocycles. The van der Waals surface area contributed by atoms with Gasteiger partial charge in [-0.15, -0.1) is 0 Å². The van der Waals surface area contributed by atoms with E-state index in [0.717, 1.165) is 11.3 Å². The van der Waals surface area contributed by atoms with E-state index in [1.807, 2.05) is 6.07 Å². The van der Waals surface area contributed by atoms with Crippen molar-refractivity contribution in [1.82, 2.24) is 0 Å². The molecule has 0 amide bonds. The number of rotatable bonds is 3. The molecule has 17 heavy (non-hydrogen) atoms. The molecule has 0 atom stereocenters. The van der Waals surface area contributed by atoms with Crippen LogP contribution in [0, 0.1) is 0 Å². The molecular weight excluding hydrogens is 244 g/mol. The molecule has 0 bridgehead atoms. The quantitative estimate of drug-likeness (QED) is 0.471. The SMILES string of the molecule is CS/C(=N\C[Si](C)(C)C)N(C)c1ccccc1. The molecule has 0 aromatic heterocycles. The van der Waals surface area contributed by atoms with Gasteiger partial charge >= 0.3 is 0 Å². The van der Waals surface area contributed by atoms with E-state index in [4.69, 9.17) is 4.99 Å².